The lowest BCUT2D eigenvalue weighted by Gasteiger charge is -2.29. The van der Waals surface area contributed by atoms with E-state index in [0.29, 0.717) is 23.3 Å². The Balaban J connectivity index is 0.00000171. The van der Waals surface area contributed by atoms with E-state index in [1.165, 1.54) is 6.07 Å². The van der Waals surface area contributed by atoms with Crippen LogP contribution >= 0.6 is 24.8 Å². The second-order valence-corrected chi connectivity index (χ2v) is 7.89. The van der Waals surface area contributed by atoms with Gasteiger partial charge in [-0.1, -0.05) is 6.07 Å². The SMILES string of the molecule is CC(Nc1ccc(C(=O)NC2CC3CCC(C2)N3)cc1[N+](=O)[O-])c1ccccn1.Cl.Cl. The zero-order chi connectivity index (χ0) is 20.4. The van der Waals surface area contributed by atoms with Gasteiger partial charge in [0.2, 0.25) is 0 Å². The molecule has 10 heteroatoms. The number of nitrogens with one attached hydrogen (secondary N) is 3. The minimum atomic E-state index is -0.463. The van der Waals surface area contributed by atoms with Gasteiger partial charge in [-0.3, -0.25) is 19.9 Å². The van der Waals surface area contributed by atoms with Gasteiger partial charge in [0, 0.05) is 36.0 Å². The van der Waals surface area contributed by atoms with E-state index in [-0.39, 0.29) is 48.5 Å². The highest BCUT2D eigenvalue weighted by Gasteiger charge is 2.34. The summed E-state index contributed by atoms with van der Waals surface area (Å²) >= 11 is 0. The minimum absolute atomic E-state index is 0. The monoisotopic (exact) mass is 467 g/mol. The maximum Gasteiger partial charge on any atom is 0.293 e. The Hall–Kier alpha value is -2.42. The zero-order valence-electron chi connectivity index (χ0n) is 17.1. The quantitative estimate of drug-likeness (QED) is 0.437. The topological polar surface area (TPSA) is 109 Å². The molecule has 2 saturated heterocycles. The number of nitro benzene ring substituents is 1. The van der Waals surface area contributed by atoms with Crippen molar-refractivity contribution in [2.75, 3.05) is 5.32 Å². The van der Waals surface area contributed by atoms with Crippen LogP contribution in [0.3, 0.4) is 0 Å². The van der Waals surface area contributed by atoms with Crippen LogP contribution in [0.5, 0.6) is 0 Å². The summed E-state index contributed by atoms with van der Waals surface area (Å²) in [6, 6.07) is 11.0. The number of halogens is 2. The summed E-state index contributed by atoms with van der Waals surface area (Å²) in [6.07, 6.45) is 5.80. The molecule has 31 heavy (non-hydrogen) atoms. The molecule has 1 aromatic carbocycles. The van der Waals surface area contributed by atoms with E-state index in [1.54, 1.807) is 18.3 Å². The van der Waals surface area contributed by atoms with Gasteiger partial charge in [-0.2, -0.15) is 0 Å². The van der Waals surface area contributed by atoms with Crippen LogP contribution in [0.15, 0.2) is 42.6 Å². The van der Waals surface area contributed by atoms with Gasteiger partial charge in [0.05, 0.1) is 16.7 Å². The first-order chi connectivity index (χ1) is 14.0. The zero-order valence-corrected chi connectivity index (χ0v) is 18.7. The van der Waals surface area contributed by atoms with Crippen molar-refractivity contribution in [3.63, 3.8) is 0 Å². The second kappa shape index (κ2) is 10.7. The third kappa shape index (κ3) is 5.84. The number of pyridine rings is 1. The number of rotatable bonds is 6. The molecule has 2 aliphatic rings. The maximum absolute atomic E-state index is 12.7. The molecular weight excluding hydrogens is 441 g/mol. The normalized spacial score (nSPS) is 22.4. The Bertz CT molecular complexity index is 903. The fourth-order valence-corrected chi connectivity index (χ4v) is 4.33. The summed E-state index contributed by atoms with van der Waals surface area (Å²) in [5, 5.41) is 21.3. The molecule has 4 rings (SSSR count). The van der Waals surface area contributed by atoms with E-state index >= 15 is 0 Å². The summed E-state index contributed by atoms with van der Waals surface area (Å²) in [4.78, 5) is 28.1. The van der Waals surface area contributed by atoms with E-state index < -0.39 is 4.92 Å². The first-order valence-electron chi connectivity index (χ1n) is 10.0. The average Bonchev–Trinajstić information content (AvgIpc) is 3.06. The molecule has 0 radical (unpaired) electrons. The third-order valence-electron chi connectivity index (χ3n) is 5.77. The van der Waals surface area contributed by atoms with Gasteiger partial charge in [-0.05, 0) is 56.9 Å². The molecule has 1 aromatic heterocycles. The number of aromatic nitrogens is 1. The number of piperidine rings is 1. The highest BCUT2D eigenvalue weighted by Crippen LogP contribution is 2.30. The smallest absolute Gasteiger partial charge is 0.293 e. The molecule has 3 unspecified atom stereocenters. The molecule has 168 valence electrons. The number of hydrogen-bond donors (Lipinski definition) is 3. The molecule has 3 atom stereocenters. The Morgan fingerprint density at radius 2 is 1.90 bits per heavy atom. The van der Waals surface area contributed by atoms with Crippen LogP contribution in [0.1, 0.15) is 54.7 Å². The lowest BCUT2D eigenvalue weighted by Crippen LogP contribution is -2.48. The van der Waals surface area contributed by atoms with Crippen molar-refractivity contribution >= 4 is 42.1 Å². The highest BCUT2D eigenvalue weighted by molar-refractivity contribution is 5.96. The van der Waals surface area contributed by atoms with Crippen molar-refractivity contribution in [2.24, 2.45) is 0 Å². The van der Waals surface area contributed by atoms with Gasteiger partial charge in [0.1, 0.15) is 5.69 Å². The molecule has 0 aliphatic carbocycles. The Labute approximate surface area is 193 Å². The molecule has 2 bridgehead atoms. The van der Waals surface area contributed by atoms with Crippen LogP contribution in [0.2, 0.25) is 0 Å². The molecule has 2 fully saturated rings. The van der Waals surface area contributed by atoms with Crippen molar-refractivity contribution in [3.8, 4) is 0 Å². The predicted octanol–water partition coefficient (Wildman–Crippen LogP) is 4.02. The first kappa shape index (κ1) is 24.8. The second-order valence-electron chi connectivity index (χ2n) is 7.89. The number of benzene rings is 1. The number of nitro groups is 1. The Morgan fingerprint density at radius 3 is 2.52 bits per heavy atom. The fourth-order valence-electron chi connectivity index (χ4n) is 4.33. The predicted molar refractivity (Wildman–Crippen MR) is 124 cm³/mol. The van der Waals surface area contributed by atoms with Crippen LogP contribution in [-0.2, 0) is 0 Å². The lowest BCUT2D eigenvalue weighted by molar-refractivity contribution is -0.384. The van der Waals surface area contributed by atoms with Crippen molar-refractivity contribution in [1.82, 2.24) is 15.6 Å². The molecule has 0 saturated carbocycles. The summed E-state index contributed by atoms with van der Waals surface area (Å²) in [6.45, 7) is 1.89. The summed E-state index contributed by atoms with van der Waals surface area (Å²) in [5.74, 6) is -0.260. The highest BCUT2D eigenvalue weighted by atomic mass is 35.5. The standard InChI is InChI=1S/C21H25N5O3.2ClH/c1-13(18-4-2-3-9-22-18)23-19-8-5-14(10-20(19)26(28)29)21(27)25-17-11-15-6-7-16(12-17)24-15;;/h2-5,8-10,13,15-17,23-24H,6-7,11-12H2,1H3,(H,25,27);2*1H. The lowest BCUT2D eigenvalue weighted by atomic mass is 9.99. The molecule has 3 heterocycles. The molecule has 2 aliphatic heterocycles. The van der Waals surface area contributed by atoms with E-state index in [9.17, 15) is 14.9 Å². The van der Waals surface area contributed by atoms with Crippen molar-refractivity contribution in [1.29, 1.82) is 0 Å². The molecule has 2 aromatic rings. The number of nitrogens with zero attached hydrogens (tertiary/aromatic N) is 2. The number of hydrogen-bond acceptors (Lipinski definition) is 6. The van der Waals surface area contributed by atoms with Gasteiger partial charge in [0.15, 0.2) is 0 Å². The Morgan fingerprint density at radius 1 is 1.19 bits per heavy atom. The van der Waals surface area contributed by atoms with Crippen molar-refractivity contribution < 1.29 is 9.72 Å². The molecule has 0 spiro atoms. The molecule has 1 amide bonds. The van der Waals surface area contributed by atoms with Gasteiger partial charge in [0.25, 0.3) is 11.6 Å². The molecule has 8 nitrogen and oxygen atoms in total. The van der Waals surface area contributed by atoms with E-state index in [2.05, 4.69) is 20.9 Å². The van der Waals surface area contributed by atoms with Crippen LogP contribution in [0.4, 0.5) is 11.4 Å². The van der Waals surface area contributed by atoms with Gasteiger partial charge in [-0.25, -0.2) is 0 Å². The third-order valence-corrected chi connectivity index (χ3v) is 5.77. The Kier molecular flexibility index (Phi) is 8.61. The van der Waals surface area contributed by atoms with Crippen molar-refractivity contribution in [2.45, 2.75) is 56.8 Å². The van der Waals surface area contributed by atoms with Gasteiger partial charge in [-0.15, -0.1) is 24.8 Å². The summed E-state index contributed by atoms with van der Waals surface area (Å²) in [5.41, 5.74) is 1.33. The first-order valence-corrected chi connectivity index (χ1v) is 10.0. The fraction of sp³-hybridized carbons (Fsp3) is 0.429. The molecular formula is C21H27Cl2N5O3. The number of anilines is 1. The number of carbonyl (C=O) groups is 1. The van der Waals surface area contributed by atoms with Crippen LogP contribution in [-0.4, -0.2) is 33.9 Å². The number of carbonyl (C=O) groups excluding carboxylic acids is 1. The summed E-state index contributed by atoms with van der Waals surface area (Å²) in [7, 11) is 0. The van der Waals surface area contributed by atoms with Crippen LogP contribution < -0.4 is 16.0 Å². The average molecular weight is 468 g/mol. The van der Waals surface area contributed by atoms with E-state index in [0.717, 1.165) is 31.4 Å². The largest absolute Gasteiger partial charge is 0.371 e. The van der Waals surface area contributed by atoms with Crippen LogP contribution in [0, 0.1) is 10.1 Å². The number of amides is 1. The van der Waals surface area contributed by atoms with Crippen molar-refractivity contribution in [3.05, 3.63) is 64.0 Å². The van der Waals surface area contributed by atoms with E-state index in [4.69, 9.17) is 0 Å². The van der Waals surface area contributed by atoms with Gasteiger partial charge >= 0.3 is 0 Å². The van der Waals surface area contributed by atoms with Gasteiger partial charge < -0.3 is 16.0 Å². The summed E-state index contributed by atoms with van der Waals surface area (Å²) < 4.78 is 0. The van der Waals surface area contributed by atoms with E-state index in [1.807, 2.05) is 25.1 Å². The number of fused-ring (bicyclic) bond motifs is 2. The molecule has 3 N–H and O–H groups in total. The van der Waals surface area contributed by atoms with Crippen LogP contribution in [0.25, 0.3) is 0 Å². The maximum atomic E-state index is 12.7. The minimum Gasteiger partial charge on any atom is -0.371 e.